The number of carbonyl (C=O) groups excluding carboxylic acids is 1. The summed E-state index contributed by atoms with van der Waals surface area (Å²) in [4.78, 5) is 13.1. The zero-order valence-corrected chi connectivity index (χ0v) is 46.8. The van der Waals surface area contributed by atoms with Crippen molar-refractivity contribution in [2.75, 3.05) is 13.2 Å². The van der Waals surface area contributed by atoms with Crippen LogP contribution in [0, 0.1) is 0 Å². The van der Waals surface area contributed by atoms with Gasteiger partial charge in [-0.2, -0.15) is 0 Å². The van der Waals surface area contributed by atoms with Gasteiger partial charge in [-0.05, 0) is 32.1 Å². The third-order valence-electron chi connectivity index (χ3n) is 15.0. The number of hydrogen-bond donors (Lipinski definition) is 6. The number of amides is 1. The van der Waals surface area contributed by atoms with Gasteiger partial charge >= 0.3 is 0 Å². The summed E-state index contributed by atoms with van der Waals surface area (Å²) in [5.74, 6) is -0.180. The molecule has 9 heteroatoms. The van der Waals surface area contributed by atoms with Crippen LogP contribution in [0.2, 0.25) is 0 Å². The number of unbranched alkanes of at least 4 members (excludes halogenated alkanes) is 42. The monoisotopic (exact) mass is 1010 g/mol. The number of nitrogens with one attached hydrogen (secondary N) is 1. The van der Waals surface area contributed by atoms with Gasteiger partial charge in [0.25, 0.3) is 0 Å². The molecule has 7 atom stereocenters. The third-order valence-corrected chi connectivity index (χ3v) is 15.0. The van der Waals surface area contributed by atoms with E-state index in [1.54, 1.807) is 6.08 Å². The lowest BCUT2D eigenvalue weighted by Crippen LogP contribution is -2.60. The smallest absolute Gasteiger partial charge is 0.220 e. The molecule has 7 unspecified atom stereocenters. The van der Waals surface area contributed by atoms with Crippen LogP contribution in [0.15, 0.2) is 24.3 Å². The SMILES string of the molecule is CCCCCCCCCCCC/C=C/CC/C=C/C(O)C(COC1OC(CO)C(O)C(O)C1O)NC(=O)CCCCCCCCCCCCCCCCCCCCCCCCCCCCCCCCCC. The van der Waals surface area contributed by atoms with Crippen LogP contribution in [0.1, 0.15) is 309 Å². The molecule has 1 amide bonds. The minimum Gasteiger partial charge on any atom is -0.394 e. The van der Waals surface area contributed by atoms with Gasteiger partial charge in [-0.3, -0.25) is 4.79 Å². The van der Waals surface area contributed by atoms with Crippen molar-refractivity contribution in [1.82, 2.24) is 5.32 Å². The molecule has 1 aliphatic rings. The number of carbonyl (C=O) groups is 1. The first-order chi connectivity index (χ1) is 34.8. The van der Waals surface area contributed by atoms with Gasteiger partial charge in [0.2, 0.25) is 5.91 Å². The fraction of sp³-hybridized carbons (Fsp3) is 0.919. The van der Waals surface area contributed by atoms with Crippen LogP contribution in [0.5, 0.6) is 0 Å². The maximum Gasteiger partial charge on any atom is 0.220 e. The van der Waals surface area contributed by atoms with Crippen LogP contribution >= 0.6 is 0 Å². The van der Waals surface area contributed by atoms with E-state index in [1.807, 2.05) is 6.08 Å². The second-order valence-corrected chi connectivity index (χ2v) is 21.9. The molecular weight excluding hydrogens is 887 g/mol. The van der Waals surface area contributed by atoms with E-state index >= 15 is 0 Å². The summed E-state index contributed by atoms with van der Waals surface area (Å²) in [7, 11) is 0. The first kappa shape index (κ1) is 67.7. The summed E-state index contributed by atoms with van der Waals surface area (Å²) in [5.41, 5.74) is 0. The molecule has 1 heterocycles. The number of aliphatic hydroxyl groups is 5. The largest absolute Gasteiger partial charge is 0.394 e. The second kappa shape index (κ2) is 52.1. The molecule has 0 aliphatic carbocycles. The van der Waals surface area contributed by atoms with Gasteiger partial charge in [0.1, 0.15) is 24.4 Å². The van der Waals surface area contributed by atoms with Crippen molar-refractivity contribution in [3.8, 4) is 0 Å². The zero-order chi connectivity index (χ0) is 51.5. The summed E-state index contributed by atoms with van der Waals surface area (Å²) in [6, 6.07) is -0.818. The van der Waals surface area contributed by atoms with Crippen molar-refractivity contribution < 1.29 is 39.8 Å². The summed E-state index contributed by atoms with van der Waals surface area (Å²) in [6.45, 7) is 3.80. The highest BCUT2D eigenvalue weighted by Crippen LogP contribution is 2.23. The predicted molar refractivity (Wildman–Crippen MR) is 300 cm³/mol. The van der Waals surface area contributed by atoms with Crippen molar-refractivity contribution in [1.29, 1.82) is 0 Å². The third kappa shape index (κ3) is 41.6. The number of aliphatic hydroxyl groups excluding tert-OH is 5. The van der Waals surface area contributed by atoms with Crippen LogP contribution in [0.4, 0.5) is 0 Å². The van der Waals surface area contributed by atoms with E-state index in [0.29, 0.717) is 6.42 Å². The van der Waals surface area contributed by atoms with Crippen LogP contribution in [-0.4, -0.2) is 87.5 Å². The molecule has 0 aromatic rings. The lowest BCUT2D eigenvalue weighted by atomic mass is 9.99. The second-order valence-electron chi connectivity index (χ2n) is 21.9. The Labute approximate surface area is 439 Å². The Morgan fingerprint density at radius 1 is 0.465 bits per heavy atom. The molecule has 0 aromatic carbocycles. The Balaban J connectivity index is 2.12. The number of rotatable bonds is 54. The molecule has 71 heavy (non-hydrogen) atoms. The standard InChI is InChI=1S/C62H119NO8/c1-3-5-7-9-11-13-15-17-19-21-22-23-24-25-26-27-28-29-30-31-32-33-34-35-36-38-40-42-44-46-48-50-52-58(66)63-55(54-70-62-61(69)60(68)59(67)57(53-64)71-62)56(65)51-49-47-45-43-41-39-37-20-18-16-14-12-10-8-6-4-2/h41,43,49,51,55-57,59-62,64-65,67-69H,3-40,42,44-48,50,52-54H2,1-2H3,(H,63,66)/b43-41+,51-49+. The Morgan fingerprint density at radius 2 is 0.803 bits per heavy atom. The highest BCUT2D eigenvalue weighted by Gasteiger charge is 2.44. The molecule has 1 fully saturated rings. The fourth-order valence-corrected chi connectivity index (χ4v) is 10.1. The van der Waals surface area contributed by atoms with Gasteiger partial charge in [-0.1, -0.05) is 295 Å². The van der Waals surface area contributed by atoms with Gasteiger partial charge < -0.3 is 40.3 Å². The Kier molecular flexibility index (Phi) is 49.7. The van der Waals surface area contributed by atoms with Gasteiger partial charge in [0.15, 0.2) is 6.29 Å². The van der Waals surface area contributed by atoms with E-state index in [0.717, 1.165) is 38.5 Å². The van der Waals surface area contributed by atoms with E-state index < -0.39 is 49.5 Å². The maximum absolute atomic E-state index is 13.1. The van der Waals surface area contributed by atoms with Crippen molar-refractivity contribution >= 4 is 5.91 Å². The summed E-state index contributed by atoms with van der Waals surface area (Å²) in [6.07, 6.45) is 59.9. The molecule has 6 N–H and O–H groups in total. The van der Waals surface area contributed by atoms with Crippen LogP contribution < -0.4 is 5.32 Å². The molecule has 1 aliphatic heterocycles. The first-order valence-electron chi connectivity index (χ1n) is 31.1. The van der Waals surface area contributed by atoms with Gasteiger partial charge in [0.05, 0.1) is 25.4 Å². The molecule has 1 saturated heterocycles. The molecule has 9 nitrogen and oxygen atoms in total. The number of ether oxygens (including phenoxy) is 2. The molecule has 0 spiro atoms. The fourth-order valence-electron chi connectivity index (χ4n) is 10.1. The Morgan fingerprint density at radius 3 is 1.18 bits per heavy atom. The Hall–Kier alpha value is -1.33. The quantitative estimate of drug-likeness (QED) is 0.0261. The number of hydrogen-bond acceptors (Lipinski definition) is 8. The van der Waals surface area contributed by atoms with Crippen molar-refractivity contribution in [3.63, 3.8) is 0 Å². The number of allylic oxidation sites excluding steroid dienone is 3. The molecule has 420 valence electrons. The molecule has 0 radical (unpaired) electrons. The molecule has 1 rings (SSSR count). The van der Waals surface area contributed by atoms with Gasteiger partial charge in [-0.25, -0.2) is 0 Å². The maximum atomic E-state index is 13.1. The highest BCUT2D eigenvalue weighted by molar-refractivity contribution is 5.76. The minimum absolute atomic E-state index is 0.180. The van der Waals surface area contributed by atoms with Crippen molar-refractivity contribution in [2.24, 2.45) is 0 Å². The topological polar surface area (TPSA) is 149 Å². The predicted octanol–water partition coefficient (Wildman–Crippen LogP) is 15.7. The van der Waals surface area contributed by atoms with Crippen LogP contribution in [0.25, 0.3) is 0 Å². The Bertz CT molecular complexity index is 1170. The summed E-state index contributed by atoms with van der Waals surface area (Å²) in [5, 5.41) is 54.5. The normalized spacial score (nSPS) is 19.3. The lowest BCUT2D eigenvalue weighted by molar-refractivity contribution is -0.302. The van der Waals surface area contributed by atoms with Gasteiger partial charge in [0, 0.05) is 6.42 Å². The molecule has 0 bridgehead atoms. The van der Waals surface area contributed by atoms with Crippen molar-refractivity contribution in [3.05, 3.63) is 24.3 Å². The average Bonchev–Trinajstić information content (AvgIpc) is 3.37. The van der Waals surface area contributed by atoms with E-state index in [9.17, 15) is 30.3 Å². The lowest BCUT2D eigenvalue weighted by Gasteiger charge is -2.40. The minimum atomic E-state index is -1.57. The first-order valence-corrected chi connectivity index (χ1v) is 31.1. The summed E-state index contributed by atoms with van der Waals surface area (Å²) < 4.78 is 11.3. The van der Waals surface area contributed by atoms with E-state index in [1.165, 1.54) is 250 Å². The van der Waals surface area contributed by atoms with Crippen LogP contribution in [-0.2, 0) is 14.3 Å². The highest BCUT2D eigenvalue weighted by atomic mass is 16.7. The van der Waals surface area contributed by atoms with E-state index in [-0.39, 0.29) is 12.5 Å². The molecule has 0 aromatic heterocycles. The molecular formula is C62H119NO8. The molecule has 0 saturated carbocycles. The van der Waals surface area contributed by atoms with E-state index in [2.05, 4.69) is 31.3 Å². The average molecular weight is 1010 g/mol. The zero-order valence-electron chi connectivity index (χ0n) is 46.8. The summed E-state index contributed by atoms with van der Waals surface area (Å²) >= 11 is 0. The van der Waals surface area contributed by atoms with E-state index in [4.69, 9.17) is 9.47 Å². The van der Waals surface area contributed by atoms with Crippen LogP contribution in [0.3, 0.4) is 0 Å². The van der Waals surface area contributed by atoms with Gasteiger partial charge in [-0.15, -0.1) is 0 Å². The van der Waals surface area contributed by atoms with Crippen molar-refractivity contribution in [2.45, 2.75) is 352 Å².